The fourth-order valence-electron chi connectivity index (χ4n) is 3.49. The number of hydrogen-bond acceptors (Lipinski definition) is 3. The Kier molecular flexibility index (Phi) is 5.63. The Balaban J connectivity index is 1.75. The zero-order chi connectivity index (χ0) is 19.7. The minimum atomic E-state index is -4.65. The highest BCUT2D eigenvalue weighted by atomic mass is 35.5. The van der Waals surface area contributed by atoms with E-state index in [9.17, 15) is 17.6 Å². The number of nitrogens with zero attached hydrogens (tertiary/aromatic N) is 1. The molecule has 0 amide bonds. The number of halogens is 5. The molecule has 0 bridgehead atoms. The van der Waals surface area contributed by atoms with E-state index in [1.807, 2.05) is 0 Å². The number of rotatable bonds is 4. The molecule has 0 saturated heterocycles. The van der Waals surface area contributed by atoms with Crippen molar-refractivity contribution in [2.45, 2.75) is 43.6 Å². The topological polar surface area (TPSA) is 31.4 Å². The molecular formula is C19H18ClF4NO2. The first-order valence-electron chi connectivity index (χ1n) is 8.45. The fraction of sp³-hybridized carbons (Fsp3) is 0.421. The van der Waals surface area contributed by atoms with E-state index in [-0.39, 0.29) is 11.6 Å². The van der Waals surface area contributed by atoms with Crippen molar-refractivity contribution in [3.63, 3.8) is 0 Å². The third-order valence-electron chi connectivity index (χ3n) is 4.94. The average Bonchev–Trinajstić information content (AvgIpc) is 2.62. The van der Waals surface area contributed by atoms with E-state index >= 15 is 0 Å². The van der Waals surface area contributed by atoms with Crippen LogP contribution < -0.4 is 4.74 Å². The van der Waals surface area contributed by atoms with E-state index in [1.54, 1.807) is 19.2 Å². The number of pyridine rings is 1. The Bertz CT molecular complexity index is 787. The number of methoxy groups -OCH3 is 1. The molecule has 0 unspecified atom stereocenters. The molecule has 1 aliphatic carbocycles. The number of aromatic nitrogens is 1. The van der Waals surface area contributed by atoms with Gasteiger partial charge in [-0.15, -0.1) is 0 Å². The van der Waals surface area contributed by atoms with Gasteiger partial charge in [0.1, 0.15) is 22.3 Å². The van der Waals surface area contributed by atoms with E-state index in [2.05, 4.69) is 4.98 Å². The maximum atomic E-state index is 13.2. The van der Waals surface area contributed by atoms with Crippen molar-refractivity contribution in [1.29, 1.82) is 0 Å². The quantitative estimate of drug-likeness (QED) is 0.480. The van der Waals surface area contributed by atoms with Crippen LogP contribution in [-0.2, 0) is 16.5 Å². The fourth-order valence-corrected chi connectivity index (χ4v) is 3.75. The summed E-state index contributed by atoms with van der Waals surface area (Å²) in [6.45, 7) is 0. The molecule has 27 heavy (non-hydrogen) atoms. The first-order chi connectivity index (χ1) is 12.7. The molecule has 3 rings (SSSR count). The maximum Gasteiger partial charge on any atom is 0.422 e. The van der Waals surface area contributed by atoms with E-state index in [0.717, 1.165) is 5.56 Å². The molecule has 1 saturated carbocycles. The normalized spacial score (nSPS) is 23.3. The summed E-state index contributed by atoms with van der Waals surface area (Å²) < 4.78 is 64.2. The highest BCUT2D eigenvalue weighted by Gasteiger charge is 2.41. The van der Waals surface area contributed by atoms with Gasteiger partial charge in [0.25, 0.3) is 0 Å². The predicted molar refractivity (Wildman–Crippen MR) is 92.2 cm³/mol. The van der Waals surface area contributed by atoms with Gasteiger partial charge in [0.05, 0.1) is 11.7 Å². The molecule has 1 heterocycles. The molecule has 1 aromatic heterocycles. The van der Waals surface area contributed by atoms with Crippen molar-refractivity contribution in [3.8, 4) is 5.75 Å². The van der Waals surface area contributed by atoms with Crippen LogP contribution in [-0.4, -0.2) is 18.2 Å². The third-order valence-corrected chi connectivity index (χ3v) is 5.23. The van der Waals surface area contributed by atoms with E-state index in [1.165, 1.54) is 24.4 Å². The van der Waals surface area contributed by atoms with Gasteiger partial charge in [-0.25, -0.2) is 9.37 Å². The van der Waals surface area contributed by atoms with Crippen molar-refractivity contribution in [1.82, 2.24) is 4.98 Å². The monoisotopic (exact) mass is 403 g/mol. The van der Waals surface area contributed by atoms with Crippen molar-refractivity contribution in [3.05, 3.63) is 58.6 Å². The molecule has 1 fully saturated rings. The molecule has 8 heteroatoms. The number of benzene rings is 1. The first kappa shape index (κ1) is 19.9. The SMILES string of the molecule is CO[C@]1(c2ccc(F)cc2)CC[C@@H](Oc2ccnc(Cl)c2C(F)(F)F)CC1. The Labute approximate surface area is 159 Å². The van der Waals surface area contributed by atoms with Crippen molar-refractivity contribution in [2.75, 3.05) is 7.11 Å². The van der Waals surface area contributed by atoms with Crippen LogP contribution in [0, 0.1) is 5.82 Å². The highest BCUT2D eigenvalue weighted by molar-refractivity contribution is 6.30. The highest BCUT2D eigenvalue weighted by Crippen LogP contribution is 2.44. The molecule has 2 aromatic rings. The summed E-state index contributed by atoms with van der Waals surface area (Å²) in [6.07, 6.45) is -1.81. The summed E-state index contributed by atoms with van der Waals surface area (Å²) >= 11 is 5.63. The van der Waals surface area contributed by atoms with Gasteiger partial charge in [-0.1, -0.05) is 23.7 Å². The van der Waals surface area contributed by atoms with Gasteiger partial charge in [-0.3, -0.25) is 0 Å². The summed E-state index contributed by atoms with van der Waals surface area (Å²) in [4.78, 5) is 3.50. The van der Waals surface area contributed by atoms with Crippen LogP contribution >= 0.6 is 11.6 Å². The summed E-state index contributed by atoms with van der Waals surface area (Å²) in [5, 5.41) is -0.631. The Morgan fingerprint density at radius 2 is 1.74 bits per heavy atom. The summed E-state index contributed by atoms with van der Waals surface area (Å²) in [6, 6.07) is 7.25. The lowest BCUT2D eigenvalue weighted by atomic mass is 9.78. The average molecular weight is 404 g/mol. The van der Waals surface area contributed by atoms with Crippen LogP contribution in [0.15, 0.2) is 36.5 Å². The minimum Gasteiger partial charge on any atom is -0.490 e. The predicted octanol–water partition coefficient (Wildman–Crippen LogP) is 5.76. The molecule has 3 nitrogen and oxygen atoms in total. The molecule has 0 spiro atoms. The summed E-state index contributed by atoms with van der Waals surface area (Å²) in [7, 11) is 1.58. The van der Waals surface area contributed by atoms with Crippen molar-refractivity contribution < 1.29 is 27.0 Å². The smallest absolute Gasteiger partial charge is 0.422 e. The molecule has 146 valence electrons. The van der Waals surface area contributed by atoms with Crippen LogP contribution in [0.4, 0.5) is 17.6 Å². The maximum absolute atomic E-state index is 13.2. The largest absolute Gasteiger partial charge is 0.490 e. The van der Waals surface area contributed by atoms with E-state index in [0.29, 0.717) is 25.7 Å². The zero-order valence-corrected chi connectivity index (χ0v) is 15.3. The Morgan fingerprint density at radius 1 is 1.11 bits per heavy atom. The molecule has 0 aliphatic heterocycles. The summed E-state index contributed by atoms with van der Waals surface area (Å²) in [5.74, 6) is -0.657. The van der Waals surface area contributed by atoms with E-state index in [4.69, 9.17) is 21.1 Å². The van der Waals surface area contributed by atoms with Crippen molar-refractivity contribution >= 4 is 11.6 Å². The van der Waals surface area contributed by atoms with Crippen LogP contribution in [0.2, 0.25) is 5.15 Å². The van der Waals surface area contributed by atoms with Gasteiger partial charge in [0.2, 0.25) is 0 Å². The lowest BCUT2D eigenvalue weighted by Crippen LogP contribution is -2.37. The standard InChI is InChI=1S/C19H18ClF4NO2/c1-26-18(12-2-4-13(21)5-3-12)9-6-14(7-10-18)27-15-8-11-25-17(20)16(15)19(22,23)24/h2-5,8,11,14H,6-7,9-10H2,1H3/t14-,18-. The van der Waals surface area contributed by atoms with Gasteiger partial charge < -0.3 is 9.47 Å². The molecule has 0 atom stereocenters. The second-order valence-electron chi connectivity index (χ2n) is 6.50. The number of hydrogen-bond donors (Lipinski definition) is 0. The second kappa shape index (κ2) is 7.64. The molecule has 0 radical (unpaired) electrons. The molecule has 0 N–H and O–H groups in total. The Morgan fingerprint density at radius 3 is 2.30 bits per heavy atom. The van der Waals surface area contributed by atoms with Crippen LogP contribution in [0.3, 0.4) is 0 Å². The lowest BCUT2D eigenvalue weighted by Gasteiger charge is -2.39. The number of alkyl halides is 3. The lowest BCUT2D eigenvalue weighted by molar-refractivity contribution is -0.140. The van der Waals surface area contributed by atoms with Gasteiger partial charge in [-0.2, -0.15) is 13.2 Å². The minimum absolute atomic E-state index is 0.320. The number of ether oxygens (including phenoxy) is 2. The zero-order valence-electron chi connectivity index (χ0n) is 14.5. The van der Waals surface area contributed by atoms with Gasteiger partial charge in [-0.05, 0) is 49.4 Å². The van der Waals surface area contributed by atoms with Gasteiger partial charge >= 0.3 is 6.18 Å². The second-order valence-corrected chi connectivity index (χ2v) is 6.85. The third kappa shape index (κ3) is 4.19. The molecule has 1 aromatic carbocycles. The van der Waals surface area contributed by atoms with E-state index < -0.39 is 28.6 Å². The van der Waals surface area contributed by atoms with Crippen LogP contribution in [0.1, 0.15) is 36.8 Å². The van der Waals surface area contributed by atoms with Gasteiger partial charge in [0.15, 0.2) is 0 Å². The Hall–Kier alpha value is -1.86. The van der Waals surface area contributed by atoms with Crippen LogP contribution in [0.25, 0.3) is 0 Å². The van der Waals surface area contributed by atoms with Crippen molar-refractivity contribution in [2.24, 2.45) is 0 Å². The van der Waals surface area contributed by atoms with Crippen LogP contribution in [0.5, 0.6) is 5.75 Å². The first-order valence-corrected chi connectivity index (χ1v) is 8.82. The molecular weight excluding hydrogens is 386 g/mol. The summed E-state index contributed by atoms with van der Waals surface area (Å²) in [5.41, 5.74) is -0.822. The molecule has 1 aliphatic rings. The van der Waals surface area contributed by atoms with Gasteiger partial charge in [0, 0.05) is 13.3 Å².